The smallest absolute Gasteiger partial charge is 0.273 e. The molecule has 1 heterocycles. The van der Waals surface area contributed by atoms with Crippen LogP contribution in [0.5, 0.6) is 0 Å². The monoisotopic (exact) mass is 353 g/mol. The first-order valence-electron chi connectivity index (χ1n) is 8.74. The summed E-state index contributed by atoms with van der Waals surface area (Å²) >= 11 is 0. The summed E-state index contributed by atoms with van der Waals surface area (Å²) in [5.41, 5.74) is 4.53. The quantitative estimate of drug-likeness (QED) is 0.626. The highest BCUT2D eigenvalue weighted by atomic mass is 16.6. The molecule has 0 aliphatic carbocycles. The first-order chi connectivity index (χ1) is 12.4. The summed E-state index contributed by atoms with van der Waals surface area (Å²) in [4.78, 5) is 27.5. The molecule has 0 saturated carbocycles. The van der Waals surface area contributed by atoms with Gasteiger partial charge in [-0.3, -0.25) is 14.9 Å². The van der Waals surface area contributed by atoms with Gasteiger partial charge >= 0.3 is 0 Å². The van der Waals surface area contributed by atoms with Crippen LogP contribution in [-0.4, -0.2) is 41.9 Å². The van der Waals surface area contributed by atoms with Gasteiger partial charge in [0.05, 0.1) is 4.92 Å². The Morgan fingerprint density at radius 1 is 1.00 bits per heavy atom. The molecule has 26 heavy (non-hydrogen) atoms. The van der Waals surface area contributed by atoms with Crippen LogP contribution < -0.4 is 4.90 Å². The highest BCUT2D eigenvalue weighted by Crippen LogP contribution is 2.24. The molecule has 1 amide bonds. The van der Waals surface area contributed by atoms with E-state index in [-0.39, 0.29) is 11.6 Å². The second kappa shape index (κ2) is 7.15. The molecule has 1 aliphatic rings. The first-order valence-corrected chi connectivity index (χ1v) is 8.74. The first kappa shape index (κ1) is 17.9. The van der Waals surface area contributed by atoms with Crippen LogP contribution in [0.2, 0.25) is 0 Å². The van der Waals surface area contributed by atoms with Crippen molar-refractivity contribution in [3.8, 4) is 0 Å². The molecule has 2 aromatic carbocycles. The van der Waals surface area contributed by atoms with Crippen LogP contribution in [-0.2, 0) is 0 Å². The number of piperazine rings is 1. The van der Waals surface area contributed by atoms with Crippen LogP contribution >= 0.6 is 0 Å². The number of aryl methyl sites for hydroxylation is 2. The summed E-state index contributed by atoms with van der Waals surface area (Å²) < 4.78 is 0. The number of nitro groups is 1. The molecule has 2 aromatic rings. The molecule has 6 nitrogen and oxygen atoms in total. The molecule has 0 unspecified atom stereocenters. The second-order valence-corrected chi connectivity index (χ2v) is 6.75. The van der Waals surface area contributed by atoms with E-state index >= 15 is 0 Å². The van der Waals surface area contributed by atoms with Gasteiger partial charge in [-0.15, -0.1) is 0 Å². The van der Waals surface area contributed by atoms with Crippen LogP contribution in [0.3, 0.4) is 0 Å². The van der Waals surface area contributed by atoms with Crippen molar-refractivity contribution in [2.45, 2.75) is 20.8 Å². The van der Waals surface area contributed by atoms with E-state index in [4.69, 9.17) is 0 Å². The Kier molecular flexibility index (Phi) is 4.93. The average Bonchev–Trinajstić information content (AvgIpc) is 2.63. The molecule has 0 bridgehead atoms. The highest BCUT2D eigenvalue weighted by Gasteiger charge is 2.25. The summed E-state index contributed by atoms with van der Waals surface area (Å²) in [6, 6.07) is 11.1. The topological polar surface area (TPSA) is 66.7 Å². The maximum atomic E-state index is 12.8. The van der Waals surface area contributed by atoms with E-state index in [2.05, 4.69) is 36.9 Å². The Morgan fingerprint density at radius 3 is 2.31 bits per heavy atom. The third-order valence-corrected chi connectivity index (χ3v) is 5.15. The maximum Gasteiger partial charge on any atom is 0.273 e. The lowest BCUT2D eigenvalue weighted by Crippen LogP contribution is -2.49. The zero-order valence-corrected chi connectivity index (χ0v) is 15.4. The van der Waals surface area contributed by atoms with Crippen LogP contribution in [0.4, 0.5) is 11.4 Å². The minimum atomic E-state index is -0.441. The van der Waals surface area contributed by atoms with Gasteiger partial charge in [0.1, 0.15) is 0 Å². The Hall–Kier alpha value is -2.89. The van der Waals surface area contributed by atoms with E-state index in [1.807, 2.05) is 0 Å². The van der Waals surface area contributed by atoms with Gasteiger partial charge < -0.3 is 9.80 Å². The minimum absolute atomic E-state index is 0.00961. The van der Waals surface area contributed by atoms with E-state index < -0.39 is 4.92 Å². The Morgan fingerprint density at radius 2 is 1.69 bits per heavy atom. The predicted octanol–water partition coefficient (Wildman–Crippen LogP) is 3.48. The molecule has 0 radical (unpaired) electrons. The van der Waals surface area contributed by atoms with E-state index in [0.717, 1.165) is 13.1 Å². The summed E-state index contributed by atoms with van der Waals surface area (Å²) in [6.45, 7) is 8.55. The lowest BCUT2D eigenvalue weighted by molar-refractivity contribution is -0.385. The van der Waals surface area contributed by atoms with Crippen molar-refractivity contribution in [3.05, 3.63) is 68.8 Å². The van der Waals surface area contributed by atoms with Crippen LogP contribution in [0.1, 0.15) is 27.0 Å². The number of benzene rings is 2. The zero-order chi connectivity index (χ0) is 18.8. The number of carbonyl (C=O) groups is 1. The van der Waals surface area contributed by atoms with Crippen molar-refractivity contribution in [1.82, 2.24) is 4.90 Å². The van der Waals surface area contributed by atoms with Gasteiger partial charge in [-0.2, -0.15) is 0 Å². The van der Waals surface area contributed by atoms with Gasteiger partial charge in [-0.1, -0.05) is 12.1 Å². The SMILES string of the molecule is Cc1ccc(N2CCN(C(=O)c3cccc([N+](=O)[O-])c3C)CC2)cc1C. The fraction of sp³-hybridized carbons (Fsp3) is 0.350. The molecule has 0 aromatic heterocycles. The minimum Gasteiger partial charge on any atom is -0.368 e. The third-order valence-electron chi connectivity index (χ3n) is 5.15. The van der Waals surface area contributed by atoms with E-state index in [0.29, 0.717) is 24.2 Å². The Bertz CT molecular complexity index is 855. The number of rotatable bonds is 3. The number of carbonyl (C=O) groups excluding carboxylic acids is 1. The highest BCUT2D eigenvalue weighted by molar-refractivity contribution is 5.96. The number of amides is 1. The molecule has 6 heteroatoms. The van der Waals surface area contributed by atoms with Crippen molar-refractivity contribution in [2.24, 2.45) is 0 Å². The van der Waals surface area contributed by atoms with Crippen molar-refractivity contribution in [3.63, 3.8) is 0 Å². The molecular formula is C20H23N3O3. The molecule has 0 spiro atoms. The molecule has 0 atom stereocenters. The lowest BCUT2D eigenvalue weighted by Gasteiger charge is -2.36. The van der Waals surface area contributed by atoms with Crippen LogP contribution in [0.15, 0.2) is 36.4 Å². The molecule has 1 fully saturated rings. The normalized spacial score (nSPS) is 14.4. The Labute approximate surface area is 153 Å². The summed E-state index contributed by atoms with van der Waals surface area (Å²) in [5, 5.41) is 11.1. The molecule has 1 aliphatic heterocycles. The van der Waals surface area contributed by atoms with Gasteiger partial charge in [0.2, 0.25) is 0 Å². The molecule has 1 saturated heterocycles. The Balaban J connectivity index is 1.72. The van der Waals surface area contributed by atoms with Gasteiger partial charge in [-0.25, -0.2) is 0 Å². The third kappa shape index (κ3) is 3.40. The molecule has 136 valence electrons. The molecular weight excluding hydrogens is 330 g/mol. The number of hydrogen-bond donors (Lipinski definition) is 0. The number of anilines is 1. The summed E-state index contributed by atoms with van der Waals surface area (Å²) in [6.07, 6.45) is 0. The van der Waals surface area contributed by atoms with Crippen molar-refractivity contribution in [1.29, 1.82) is 0 Å². The van der Waals surface area contributed by atoms with Gasteiger partial charge in [0.15, 0.2) is 0 Å². The fourth-order valence-corrected chi connectivity index (χ4v) is 3.31. The predicted molar refractivity (Wildman–Crippen MR) is 102 cm³/mol. The van der Waals surface area contributed by atoms with Gasteiger partial charge in [0, 0.05) is 49.1 Å². The lowest BCUT2D eigenvalue weighted by atomic mass is 10.0. The largest absolute Gasteiger partial charge is 0.368 e. The maximum absolute atomic E-state index is 12.8. The summed E-state index contributed by atoms with van der Waals surface area (Å²) in [5.74, 6) is -0.133. The second-order valence-electron chi connectivity index (χ2n) is 6.75. The van der Waals surface area contributed by atoms with E-state index in [1.165, 1.54) is 22.9 Å². The zero-order valence-electron chi connectivity index (χ0n) is 15.4. The number of nitro benzene ring substituents is 1. The van der Waals surface area contributed by atoms with Crippen molar-refractivity contribution in [2.75, 3.05) is 31.1 Å². The standard InChI is InChI=1S/C20H23N3O3/c1-14-7-8-17(13-15(14)2)21-9-11-22(12-10-21)20(24)18-5-4-6-19(16(18)3)23(25)26/h4-8,13H,9-12H2,1-3H3. The van der Waals surface area contributed by atoms with Crippen LogP contribution in [0.25, 0.3) is 0 Å². The van der Waals surface area contributed by atoms with E-state index in [9.17, 15) is 14.9 Å². The fourth-order valence-electron chi connectivity index (χ4n) is 3.31. The van der Waals surface area contributed by atoms with E-state index in [1.54, 1.807) is 24.0 Å². The van der Waals surface area contributed by atoms with Gasteiger partial charge in [0.25, 0.3) is 11.6 Å². The van der Waals surface area contributed by atoms with Gasteiger partial charge in [-0.05, 0) is 50.1 Å². The van der Waals surface area contributed by atoms with Crippen molar-refractivity contribution < 1.29 is 9.72 Å². The summed E-state index contributed by atoms with van der Waals surface area (Å²) in [7, 11) is 0. The molecule has 0 N–H and O–H groups in total. The average molecular weight is 353 g/mol. The van der Waals surface area contributed by atoms with Crippen molar-refractivity contribution >= 4 is 17.3 Å². The number of hydrogen-bond acceptors (Lipinski definition) is 4. The van der Waals surface area contributed by atoms with Crippen LogP contribution in [0, 0.1) is 30.9 Å². The molecule has 3 rings (SSSR count). The number of nitrogens with zero attached hydrogens (tertiary/aromatic N) is 3.